The Morgan fingerprint density at radius 3 is 2.24 bits per heavy atom. The predicted molar refractivity (Wildman–Crippen MR) is 71.9 cm³/mol. The first-order valence-electron chi connectivity index (χ1n) is 6.05. The second-order valence-electron chi connectivity index (χ2n) is 3.75. The Balaban J connectivity index is 3.22. The first-order chi connectivity index (χ1) is 9.92. The smallest absolute Gasteiger partial charge is 0.326 e. The number of carbonyl (C=O) groups excluding carboxylic acids is 2. The van der Waals surface area contributed by atoms with Gasteiger partial charge >= 0.3 is 11.9 Å². The third-order valence-electron chi connectivity index (χ3n) is 2.38. The monoisotopic (exact) mass is 316 g/mol. The van der Waals surface area contributed by atoms with E-state index in [4.69, 9.17) is 21.1 Å². The molecule has 0 aliphatic carbocycles. The summed E-state index contributed by atoms with van der Waals surface area (Å²) in [5.41, 5.74) is -0.491. The molecule has 0 atom stereocenters. The molecule has 0 bridgehead atoms. The van der Waals surface area contributed by atoms with Crippen LogP contribution in [0.5, 0.6) is 0 Å². The van der Waals surface area contributed by atoms with Crippen LogP contribution in [0.2, 0.25) is 5.02 Å². The minimum absolute atomic E-state index is 0.0549. The summed E-state index contributed by atoms with van der Waals surface area (Å²) in [7, 11) is 0. The highest BCUT2D eigenvalue weighted by Gasteiger charge is 2.35. The van der Waals surface area contributed by atoms with E-state index in [0.717, 1.165) is 12.3 Å². The van der Waals surface area contributed by atoms with Crippen molar-refractivity contribution in [2.45, 2.75) is 19.8 Å². The van der Waals surface area contributed by atoms with Crippen LogP contribution in [0.25, 0.3) is 0 Å². The van der Waals surface area contributed by atoms with Crippen LogP contribution in [0.1, 0.15) is 25.5 Å². The van der Waals surface area contributed by atoms with Gasteiger partial charge in [0.2, 0.25) is 0 Å². The highest BCUT2D eigenvalue weighted by atomic mass is 35.5. The number of rotatable bonds is 6. The van der Waals surface area contributed by atoms with E-state index in [2.05, 4.69) is 4.98 Å². The van der Waals surface area contributed by atoms with Crippen molar-refractivity contribution in [3.05, 3.63) is 33.1 Å². The van der Waals surface area contributed by atoms with Gasteiger partial charge in [0.1, 0.15) is 6.20 Å². The SMILES string of the molecule is CCOC(=O)C(C(=O)OCC)c1ncc([N+](=O)[O-])cc1Cl. The molecule has 0 saturated carbocycles. The number of halogens is 1. The molecule has 0 fully saturated rings. The summed E-state index contributed by atoms with van der Waals surface area (Å²) in [4.78, 5) is 37.4. The van der Waals surface area contributed by atoms with Crippen LogP contribution in [0.15, 0.2) is 12.3 Å². The maximum atomic E-state index is 11.9. The van der Waals surface area contributed by atoms with Gasteiger partial charge < -0.3 is 9.47 Å². The molecule has 1 heterocycles. The average Bonchev–Trinajstić information content (AvgIpc) is 2.41. The molecule has 0 aliphatic heterocycles. The number of nitro groups is 1. The average molecular weight is 317 g/mol. The summed E-state index contributed by atoms with van der Waals surface area (Å²) in [5, 5.41) is 10.4. The molecule has 1 rings (SSSR count). The summed E-state index contributed by atoms with van der Waals surface area (Å²) >= 11 is 5.87. The van der Waals surface area contributed by atoms with Gasteiger partial charge in [-0.25, -0.2) is 0 Å². The van der Waals surface area contributed by atoms with Gasteiger partial charge in [-0.05, 0) is 13.8 Å². The normalized spacial score (nSPS) is 10.3. The number of pyridine rings is 1. The molecule has 0 N–H and O–H groups in total. The number of aromatic nitrogens is 1. The molecule has 0 radical (unpaired) electrons. The molecular formula is C12H13ClN2O6. The minimum atomic E-state index is -1.47. The van der Waals surface area contributed by atoms with Crippen molar-refractivity contribution in [3.63, 3.8) is 0 Å². The molecular weight excluding hydrogens is 304 g/mol. The first-order valence-corrected chi connectivity index (χ1v) is 6.43. The van der Waals surface area contributed by atoms with Crippen molar-refractivity contribution in [1.82, 2.24) is 4.98 Å². The molecule has 0 amide bonds. The van der Waals surface area contributed by atoms with Gasteiger partial charge in [-0.2, -0.15) is 0 Å². The molecule has 0 spiro atoms. The topological polar surface area (TPSA) is 109 Å². The maximum Gasteiger partial charge on any atom is 0.326 e. The molecule has 8 nitrogen and oxygen atoms in total. The third kappa shape index (κ3) is 4.12. The van der Waals surface area contributed by atoms with Crippen molar-refractivity contribution in [1.29, 1.82) is 0 Å². The van der Waals surface area contributed by atoms with E-state index in [1.165, 1.54) is 0 Å². The Hall–Kier alpha value is -2.22. The number of nitrogens with zero attached hydrogens (tertiary/aromatic N) is 2. The fourth-order valence-electron chi connectivity index (χ4n) is 1.52. The Morgan fingerprint density at radius 2 is 1.86 bits per heavy atom. The first kappa shape index (κ1) is 16.8. The van der Waals surface area contributed by atoms with Crippen molar-refractivity contribution < 1.29 is 24.0 Å². The van der Waals surface area contributed by atoms with Gasteiger partial charge in [-0.1, -0.05) is 11.6 Å². The van der Waals surface area contributed by atoms with Crippen LogP contribution in [-0.4, -0.2) is 35.1 Å². The standard InChI is InChI=1S/C12H13ClN2O6/c1-3-20-11(16)9(12(17)21-4-2)10-8(13)5-7(6-14-10)15(18)19/h5-6,9H,3-4H2,1-2H3. The number of hydrogen-bond acceptors (Lipinski definition) is 7. The molecule has 1 aromatic heterocycles. The molecule has 21 heavy (non-hydrogen) atoms. The fourth-order valence-corrected chi connectivity index (χ4v) is 1.79. The van der Waals surface area contributed by atoms with E-state index >= 15 is 0 Å². The summed E-state index contributed by atoms with van der Waals surface area (Å²) in [6.07, 6.45) is 0.909. The lowest BCUT2D eigenvalue weighted by Gasteiger charge is -2.14. The molecule has 114 valence electrons. The van der Waals surface area contributed by atoms with Crippen LogP contribution >= 0.6 is 11.6 Å². The van der Waals surface area contributed by atoms with Gasteiger partial charge in [0.15, 0.2) is 5.92 Å². The van der Waals surface area contributed by atoms with Crippen molar-refractivity contribution >= 4 is 29.2 Å². The Bertz CT molecular complexity index is 545. The Morgan fingerprint density at radius 1 is 1.33 bits per heavy atom. The largest absolute Gasteiger partial charge is 0.465 e. The zero-order valence-electron chi connectivity index (χ0n) is 11.4. The van der Waals surface area contributed by atoms with Gasteiger partial charge in [0, 0.05) is 6.07 Å². The van der Waals surface area contributed by atoms with Crippen LogP contribution in [0.3, 0.4) is 0 Å². The van der Waals surface area contributed by atoms with Crippen molar-refractivity contribution in [2.75, 3.05) is 13.2 Å². The third-order valence-corrected chi connectivity index (χ3v) is 2.69. The maximum absolute atomic E-state index is 11.9. The van der Waals surface area contributed by atoms with Crippen LogP contribution in [-0.2, 0) is 19.1 Å². The van der Waals surface area contributed by atoms with Crippen LogP contribution in [0.4, 0.5) is 5.69 Å². The van der Waals surface area contributed by atoms with E-state index in [0.29, 0.717) is 0 Å². The Kier molecular flexibility index (Phi) is 6.04. The molecule has 0 aromatic carbocycles. The molecule has 1 aromatic rings. The second-order valence-corrected chi connectivity index (χ2v) is 4.16. The number of hydrogen-bond donors (Lipinski definition) is 0. The zero-order chi connectivity index (χ0) is 16.0. The van der Waals surface area contributed by atoms with Crippen LogP contribution < -0.4 is 0 Å². The van der Waals surface area contributed by atoms with Gasteiger partial charge in [0.05, 0.1) is 28.9 Å². The van der Waals surface area contributed by atoms with Crippen molar-refractivity contribution in [3.8, 4) is 0 Å². The van der Waals surface area contributed by atoms with Gasteiger partial charge in [-0.15, -0.1) is 0 Å². The van der Waals surface area contributed by atoms with E-state index in [-0.39, 0.29) is 29.6 Å². The lowest BCUT2D eigenvalue weighted by atomic mass is 10.1. The summed E-state index contributed by atoms with van der Waals surface area (Å²) in [6, 6.07) is 1.01. The summed E-state index contributed by atoms with van der Waals surface area (Å²) < 4.78 is 9.57. The van der Waals surface area contributed by atoms with Crippen molar-refractivity contribution in [2.24, 2.45) is 0 Å². The molecule has 0 saturated heterocycles. The van der Waals surface area contributed by atoms with E-state index < -0.39 is 22.8 Å². The highest BCUT2D eigenvalue weighted by molar-refractivity contribution is 6.32. The second kappa shape index (κ2) is 7.53. The number of ether oxygens (including phenoxy) is 2. The molecule has 0 aliphatic rings. The summed E-state index contributed by atoms with van der Waals surface area (Å²) in [5.74, 6) is -3.23. The molecule has 9 heteroatoms. The van der Waals surface area contributed by atoms with E-state index in [9.17, 15) is 19.7 Å². The van der Waals surface area contributed by atoms with E-state index in [1.54, 1.807) is 13.8 Å². The van der Waals surface area contributed by atoms with Gasteiger partial charge in [0.25, 0.3) is 5.69 Å². The fraction of sp³-hybridized carbons (Fsp3) is 0.417. The zero-order valence-corrected chi connectivity index (χ0v) is 12.1. The van der Waals surface area contributed by atoms with Crippen LogP contribution in [0, 0.1) is 10.1 Å². The van der Waals surface area contributed by atoms with E-state index in [1.807, 2.05) is 0 Å². The minimum Gasteiger partial charge on any atom is -0.465 e. The predicted octanol–water partition coefficient (Wildman–Crippen LogP) is 1.85. The quantitative estimate of drug-likeness (QED) is 0.341. The number of carbonyl (C=O) groups is 2. The number of esters is 2. The van der Waals surface area contributed by atoms with Gasteiger partial charge in [-0.3, -0.25) is 24.7 Å². The lowest BCUT2D eigenvalue weighted by molar-refractivity contribution is -0.385. The molecule has 0 unspecified atom stereocenters. The highest BCUT2D eigenvalue weighted by Crippen LogP contribution is 2.28. The summed E-state index contributed by atoms with van der Waals surface area (Å²) in [6.45, 7) is 3.26. The lowest BCUT2D eigenvalue weighted by Crippen LogP contribution is -2.27. The Labute approximate surface area is 125 Å².